The molecule has 0 N–H and O–H groups in total. The van der Waals surface area contributed by atoms with Crippen molar-refractivity contribution in [2.24, 2.45) is 0 Å². The van der Waals surface area contributed by atoms with Crippen LogP contribution in [0.5, 0.6) is 0 Å². The highest BCUT2D eigenvalue weighted by atomic mass is 13.8. The molecule has 0 aliphatic rings. The van der Waals surface area contributed by atoms with Gasteiger partial charge in [-0.1, -0.05) is 51.0 Å². The molecule has 0 aliphatic carbocycles. The molecular formula is C12H22. The number of hydrogen-bond donors (Lipinski definition) is 0. The largest absolute Gasteiger partial charge is 0.0888 e. The van der Waals surface area contributed by atoms with E-state index >= 15 is 0 Å². The lowest BCUT2D eigenvalue weighted by molar-refractivity contribution is 0.811. The van der Waals surface area contributed by atoms with Crippen LogP contribution in [0.3, 0.4) is 0 Å². The average molecular weight is 166 g/mol. The summed E-state index contributed by atoms with van der Waals surface area (Å²) in [5.74, 6) is 0. The van der Waals surface area contributed by atoms with Crippen LogP contribution in [0.15, 0.2) is 24.3 Å². The van der Waals surface area contributed by atoms with Gasteiger partial charge in [0.05, 0.1) is 0 Å². The van der Waals surface area contributed by atoms with Gasteiger partial charge in [-0.3, -0.25) is 0 Å². The highest BCUT2D eigenvalue weighted by Crippen LogP contribution is 1.98. The van der Waals surface area contributed by atoms with Crippen LogP contribution in [-0.4, -0.2) is 0 Å². The van der Waals surface area contributed by atoms with Crippen LogP contribution in [0.4, 0.5) is 0 Å². The maximum atomic E-state index is 2.31. The van der Waals surface area contributed by atoms with Crippen LogP contribution >= 0.6 is 0 Å². The molecule has 0 unspecified atom stereocenters. The number of allylic oxidation sites excluding steroid dienone is 4. The molecule has 0 spiro atoms. The van der Waals surface area contributed by atoms with E-state index in [9.17, 15) is 0 Å². The first-order chi connectivity index (χ1) is 5.91. The first-order valence-electron chi connectivity index (χ1n) is 5.21. The molecule has 0 atom stereocenters. The Labute approximate surface area is 77.4 Å². The molecule has 0 fully saturated rings. The van der Waals surface area contributed by atoms with E-state index in [1.54, 1.807) is 0 Å². The summed E-state index contributed by atoms with van der Waals surface area (Å²) >= 11 is 0. The van der Waals surface area contributed by atoms with E-state index in [2.05, 4.69) is 38.2 Å². The van der Waals surface area contributed by atoms with Gasteiger partial charge >= 0.3 is 0 Å². The molecule has 0 amide bonds. The highest BCUT2D eigenvalue weighted by Gasteiger charge is 1.78. The Morgan fingerprint density at radius 2 is 1.33 bits per heavy atom. The van der Waals surface area contributed by atoms with Crippen molar-refractivity contribution < 1.29 is 0 Å². The summed E-state index contributed by atoms with van der Waals surface area (Å²) in [6.45, 7) is 4.41. The van der Waals surface area contributed by atoms with E-state index in [1.165, 1.54) is 38.5 Å². The fourth-order valence-corrected chi connectivity index (χ4v) is 1.03. The standard InChI is InChI=1S/C12H22/c1-3-5-7-9-11-12-10-8-6-4-2/h5,7,10,12H,3-4,6,8-9,11H2,1-2H3. The van der Waals surface area contributed by atoms with Crippen molar-refractivity contribution in [3.8, 4) is 0 Å². The second-order valence-electron chi connectivity index (χ2n) is 3.07. The van der Waals surface area contributed by atoms with Crippen molar-refractivity contribution in [1.82, 2.24) is 0 Å². The molecule has 0 aromatic carbocycles. The highest BCUT2D eigenvalue weighted by molar-refractivity contribution is 4.87. The van der Waals surface area contributed by atoms with Crippen LogP contribution in [0.2, 0.25) is 0 Å². The lowest BCUT2D eigenvalue weighted by atomic mass is 10.2. The first-order valence-corrected chi connectivity index (χ1v) is 5.21. The third kappa shape index (κ3) is 9.48. The van der Waals surface area contributed by atoms with Crippen LogP contribution < -0.4 is 0 Å². The summed E-state index contributed by atoms with van der Waals surface area (Å²) in [5, 5.41) is 0. The zero-order valence-electron chi connectivity index (χ0n) is 8.55. The second-order valence-corrected chi connectivity index (χ2v) is 3.07. The molecule has 0 aliphatic heterocycles. The monoisotopic (exact) mass is 166 g/mol. The minimum atomic E-state index is 1.17. The van der Waals surface area contributed by atoms with Crippen LogP contribution in [0.25, 0.3) is 0 Å². The van der Waals surface area contributed by atoms with E-state index < -0.39 is 0 Å². The molecule has 0 aromatic rings. The van der Waals surface area contributed by atoms with Crippen molar-refractivity contribution in [2.75, 3.05) is 0 Å². The summed E-state index contributed by atoms with van der Waals surface area (Å²) in [7, 11) is 0. The number of hydrogen-bond acceptors (Lipinski definition) is 0. The normalized spacial score (nSPS) is 11.8. The van der Waals surface area contributed by atoms with Gasteiger partial charge in [-0.2, -0.15) is 0 Å². The predicted molar refractivity (Wildman–Crippen MR) is 57.3 cm³/mol. The van der Waals surface area contributed by atoms with Crippen molar-refractivity contribution in [3.05, 3.63) is 24.3 Å². The molecule has 0 heterocycles. The van der Waals surface area contributed by atoms with E-state index in [0.29, 0.717) is 0 Å². The fraction of sp³-hybridized carbons (Fsp3) is 0.667. The molecule has 0 saturated heterocycles. The van der Waals surface area contributed by atoms with Gasteiger partial charge in [0.25, 0.3) is 0 Å². The molecule has 0 aromatic heterocycles. The smallest absolute Gasteiger partial charge is 0.0316 e. The maximum absolute atomic E-state index is 2.31. The summed E-state index contributed by atoms with van der Waals surface area (Å²) in [4.78, 5) is 0. The van der Waals surface area contributed by atoms with Gasteiger partial charge < -0.3 is 0 Å². The van der Waals surface area contributed by atoms with Gasteiger partial charge in [0.15, 0.2) is 0 Å². The maximum Gasteiger partial charge on any atom is -0.0316 e. The quantitative estimate of drug-likeness (QED) is 0.386. The summed E-state index contributed by atoms with van der Waals surface area (Å²) in [6, 6.07) is 0. The zero-order valence-corrected chi connectivity index (χ0v) is 8.55. The summed E-state index contributed by atoms with van der Waals surface area (Å²) in [5.41, 5.74) is 0. The molecule has 0 bridgehead atoms. The Morgan fingerprint density at radius 3 is 1.92 bits per heavy atom. The Bertz CT molecular complexity index is 120. The predicted octanol–water partition coefficient (Wildman–Crippen LogP) is 4.48. The minimum Gasteiger partial charge on any atom is -0.0888 e. The Kier molecular flexibility index (Phi) is 10.0. The average Bonchev–Trinajstić information content (AvgIpc) is 2.10. The molecule has 0 heteroatoms. The van der Waals surface area contributed by atoms with Crippen molar-refractivity contribution in [2.45, 2.75) is 52.4 Å². The van der Waals surface area contributed by atoms with Crippen LogP contribution in [0, 0.1) is 0 Å². The van der Waals surface area contributed by atoms with Crippen molar-refractivity contribution in [1.29, 1.82) is 0 Å². The second kappa shape index (κ2) is 10.5. The number of unbranched alkanes of at least 4 members (excludes halogenated alkanes) is 3. The molecule has 0 saturated carbocycles. The zero-order chi connectivity index (χ0) is 9.07. The van der Waals surface area contributed by atoms with E-state index in [1.807, 2.05) is 0 Å². The summed E-state index contributed by atoms with van der Waals surface area (Å²) < 4.78 is 0. The third-order valence-electron chi connectivity index (χ3n) is 1.79. The van der Waals surface area contributed by atoms with Gasteiger partial charge in [-0.05, 0) is 25.7 Å². The van der Waals surface area contributed by atoms with Crippen LogP contribution in [-0.2, 0) is 0 Å². The van der Waals surface area contributed by atoms with E-state index in [-0.39, 0.29) is 0 Å². The molecule has 12 heavy (non-hydrogen) atoms. The number of rotatable bonds is 7. The van der Waals surface area contributed by atoms with E-state index in [0.717, 1.165) is 0 Å². The Morgan fingerprint density at radius 1 is 0.750 bits per heavy atom. The van der Waals surface area contributed by atoms with Gasteiger partial charge in [-0.25, -0.2) is 0 Å². The van der Waals surface area contributed by atoms with Gasteiger partial charge in [0.2, 0.25) is 0 Å². The molecule has 70 valence electrons. The lowest BCUT2D eigenvalue weighted by Gasteiger charge is -1.88. The van der Waals surface area contributed by atoms with Gasteiger partial charge in [0.1, 0.15) is 0 Å². The molecule has 0 rings (SSSR count). The SMILES string of the molecule is CCC=CCCC=CCCCC. The molecule has 0 nitrogen and oxygen atoms in total. The third-order valence-corrected chi connectivity index (χ3v) is 1.79. The molecule has 0 radical (unpaired) electrons. The van der Waals surface area contributed by atoms with Crippen LogP contribution in [0.1, 0.15) is 52.4 Å². The molecular weight excluding hydrogens is 144 g/mol. The lowest BCUT2D eigenvalue weighted by Crippen LogP contribution is -1.68. The van der Waals surface area contributed by atoms with Crippen molar-refractivity contribution in [3.63, 3.8) is 0 Å². The Hall–Kier alpha value is -0.520. The van der Waals surface area contributed by atoms with Crippen molar-refractivity contribution >= 4 is 0 Å². The van der Waals surface area contributed by atoms with Gasteiger partial charge in [0, 0.05) is 0 Å². The van der Waals surface area contributed by atoms with Gasteiger partial charge in [-0.15, -0.1) is 0 Å². The first kappa shape index (κ1) is 11.5. The fourth-order valence-electron chi connectivity index (χ4n) is 1.03. The topological polar surface area (TPSA) is 0 Å². The minimum absolute atomic E-state index is 1.17. The van der Waals surface area contributed by atoms with E-state index in [4.69, 9.17) is 0 Å². The summed E-state index contributed by atoms with van der Waals surface area (Å²) in [6.07, 6.45) is 16.6. The Balaban J connectivity index is 3.07.